The lowest BCUT2D eigenvalue weighted by atomic mass is 9.76. The molecule has 2 aromatic rings. The van der Waals surface area contributed by atoms with Gasteiger partial charge in [0.1, 0.15) is 0 Å². The molecule has 3 nitrogen and oxygen atoms in total. The largest absolute Gasteiger partial charge is 0.478 e. The smallest absolute Gasteiger partial charge is 0.335 e. The average molecular weight is 282 g/mol. The molecular formula is C18H18O3. The van der Waals surface area contributed by atoms with Crippen LogP contribution in [0.2, 0.25) is 0 Å². The Kier molecular flexibility index (Phi) is 4.02. The molecule has 3 heteroatoms. The van der Waals surface area contributed by atoms with Gasteiger partial charge in [0.25, 0.3) is 0 Å². The molecule has 0 aromatic heterocycles. The lowest BCUT2D eigenvalue weighted by Gasteiger charge is -2.36. The molecule has 0 amide bonds. The number of aromatic carboxylic acids is 1. The molecule has 1 saturated carbocycles. The second-order valence-electron chi connectivity index (χ2n) is 5.48. The topological polar surface area (TPSA) is 46.5 Å². The molecular weight excluding hydrogens is 264 g/mol. The fourth-order valence-electron chi connectivity index (χ4n) is 2.79. The third-order valence-corrected chi connectivity index (χ3v) is 4.05. The minimum Gasteiger partial charge on any atom is -0.478 e. The summed E-state index contributed by atoms with van der Waals surface area (Å²) in [7, 11) is 0. The number of hydrogen-bond donors (Lipinski definition) is 1. The van der Waals surface area contributed by atoms with Crippen LogP contribution in [-0.4, -0.2) is 17.2 Å². The van der Waals surface area contributed by atoms with Crippen LogP contribution >= 0.6 is 0 Å². The predicted octanol–water partition coefficient (Wildman–Crippen LogP) is 3.85. The van der Waals surface area contributed by atoms with Crippen LogP contribution < -0.4 is 0 Å². The highest BCUT2D eigenvalue weighted by Crippen LogP contribution is 2.40. The number of ether oxygens (including phenoxy) is 1. The molecule has 0 atom stereocenters. The van der Waals surface area contributed by atoms with E-state index >= 15 is 0 Å². The number of rotatable bonds is 5. The lowest BCUT2D eigenvalue weighted by molar-refractivity contribution is -0.0209. The highest BCUT2D eigenvalue weighted by Gasteiger charge is 2.33. The molecule has 0 heterocycles. The van der Waals surface area contributed by atoms with Crippen LogP contribution in [0.3, 0.4) is 0 Å². The Morgan fingerprint density at radius 1 is 1.05 bits per heavy atom. The van der Waals surface area contributed by atoms with Crippen LogP contribution in [-0.2, 0) is 11.3 Å². The molecule has 0 spiro atoms. The normalized spacial score (nSPS) is 20.8. The first-order valence-electron chi connectivity index (χ1n) is 7.22. The summed E-state index contributed by atoms with van der Waals surface area (Å²) < 4.78 is 5.87. The fraction of sp³-hybridized carbons (Fsp3) is 0.278. The maximum Gasteiger partial charge on any atom is 0.335 e. The van der Waals surface area contributed by atoms with Gasteiger partial charge < -0.3 is 9.84 Å². The number of benzene rings is 2. The van der Waals surface area contributed by atoms with Gasteiger partial charge in [-0.2, -0.15) is 0 Å². The Balaban J connectivity index is 1.55. The molecule has 108 valence electrons. The Morgan fingerprint density at radius 2 is 1.71 bits per heavy atom. The summed E-state index contributed by atoms with van der Waals surface area (Å²) in [4.78, 5) is 11.2. The van der Waals surface area contributed by atoms with Crippen molar-refractivity contribution in [1.82, 2.24) is 0 Å². The number of carboxylic acids is 1. The number of carboxylic acid groups (broad SMARTS) is 1. The van der Waals surface area contributed by atoms with Crippen molar-refractivity contribution < 1.29 is 14.6 Å². The van der Waals surface area contributed by atoms with Gasteiger partial charge in [-0.1, -0.05) is 48.5 Å². The molecule has 1 fully saturated rings. The third-order valence-electron chi connectivity index (χ3n) is 4.05. The van der Waals surface area contributed by atoms with E-state index in [1.54, 1.807) is 12.1 Å². The van der Waals surface area contributed by atoms with E-state index in [4.69, 9.17) is 4.74 Å². The first-order chi connectivity index (χ1) is 10.2. The summed E-state index contributed by atoms with van der Waals surface area (Å²) in [6, 6.07) is 17.4. The summed E-state index contributed by atoms with van der Waals surface area (Å²) in [5.74, 6) is -0.544. The molecule has 0 bridgehead atoms. The molecule has 21 heavy (non-hydrogen) atoms. The van der Waals surface area contributed by atoms with E-state index in [0.717, 1.165) is 18.4 Å². The maximum absolute atomic E-state index is 11.2. The molecule has 0 unspecified atom stereocenters. The van der Waals surface area contributed by atoms with Crippen LogP contribution in [0.5, 0.6) is 0 Å². The van der Waals surface area contributed by atoms with Gasteiger partial charge in [-0.05, 0) is 36.0 Å². The molecule has 1 N–H and O–H groups in total. The minimum absolute atomic E-state index is 0.233. The first-order valence-corrected chi connectivity index (χ1v) is 7.22. The van der Waals surface area contributed by atoms with Crippen LogP contribution in [0.4, 0.5) is 0 Å². The SMILES string of the molecule is O=C(O)c1ccccc1C1CC(OCc2ccccc2)C1. The fourth-order valence-corrected chi connectivity index (χ4v) is 2.79. The number of hydrogen-bond acceptors (Lipinski definition) is 2. The van der Waals surface area contributed by atoms with Gasteiger partial charge in [0.15, 0.2) is 0 Å². The molecule has 0 aliphatic heterocycles. The summed E-state index contributed by atoms with van der Waals surface area (Å²) in [5.41, 5.74) is 2.53. The summed E-state index contributed by atoms with van der Waals surface area (Å²) in [5, 5.41) is 9.22. The van der Waals surface area contributed by atoms with E-state index in [1.807, 2.05) is 30.3 Å². The standard InChI is InChI=1S/C18H18O3/c19-18(20)17-9-5-4-8-16(17)14-10-15(11-14)21-12-13-6-2-1-3-7-13/h1-9,14-15H,10-12H2,(H,19,20). The van der Waals surface area contributed by atoms with Crippen molar-refractivity contribution >= 4 is 5.97 Å². The molecule has 1 aliphatic carbocycles. The van der Waals surface area contributed by atoms with Crippen molar-refractivity contribution in [2.24, 2.45) is 0 Å². The van der Waals surface area contributed by atoms with Crippen LogP contribution in [0.15, 0.2) is 54.6 Å². The average Bonchev–Trinajstić information content (AvgIpc) is 2.47. The monoisotopic (exact) mass is 282 g/mol. The van der Waals surface area contributed by atoms with Gasteiger partial charge in [-0.3, -0.25) is 0 Å². The minimum atomic E-state index is -0.848. The quantitative estimate of drug-likeness (QED) is 0.906. The van der Waals surface area contributed by atoms with Gasteiger partial charge in [0, 0.05) is 0 Å². The predicted molar refractivity (Wildman–Crippen MR) is 80.4 cm³/mol. The van der Waals surface area contributed by atoms with Crippen LogP contribution in [0.1, 0.15) is 40.2 Å². The van der Waals surface area contributed by atoms with E-state index in [9.17, 15) is 9.90 Å². The highest BCUT2D eigenvalue weighted by molar-refractivity contribution is 5.89. The van der Waals surface area contributed by atoms with Gasteiger partial charge >= 0.3 is 5.97 Å². The zero-order valence-corrected chi connectivity index (χ0v) is 11.7. The van der Waals surface area contributed by atoms with Crippen molar-refractivity contribution in [2.45, 2.75) is 31.5 Å². The van der Waals surface area contributed by atoms with E-state index in [2.05, 4.69) is 12.1 Å². The summed E-state index contributed by atoms with van der Waals surface area (Å²) >= 11 is 0. The second-order valence-corrected chi connectivity index (χ2v) is 5.48. The van der Waals surface area contributed by atoms with Crippen molar-refractivity contribution in [3.8, 4) is 0 Å². The Hall–Kier alpha value is -2.13. The van der Waals surface area contributed by atoms with Gasteiger partial charge in [0.05, 0.1) is 18.3 Å². The third kappa shape index (κ3) is 3.14. The molecule has 3 rings (SSSR count). The van der Waals surface area contributed by atoms with E-state index in [-0.39, 0.29) is 6.10 Å². The summed E-state index contributed by atoms with van der Waals surface area (Å²) in [6.07, 6.45) is 2.03. The van der Waals surface area contributed by atoms with Crippen LogP contribution in [0, 0.1) is 0 Å². The zero-order chi connectivity index (χ0) is 14.7. The maximum atomic E-state index is 11.2. The zero-order valence-electron chi connectivity index (χ0n) is 11.7. The molecule has 2 aromatic carbocycles. The van der Waals surface area contributed by atoms with E-state index < -0.39 is 5.97 Å². The van der Waals surface area contributed by atoms with Gasteiger partial charge in [-0.25, -0.2) is 4.79 Å². The summed E-state index contributed by atoms with van der Waals surface area (Å²) in [6.45, 7) is 0.624. The molecule has 0 saturated heterocycles. The van der Waals surface area contributed by atoms with Crippen molar-refractivity contribution in [2.75, 3.05) is 0 Å². The van der Waals surface area contributed by atoms with E-state index in [1.165, 1.54) is 5.56 Å². The van der Waals surface area contributed by atoms with Gasteiger partial charge in [0.2, 0.25) is 0 Å². The number of carbonyl (C=O) groups is 1. The second kappa shape index (κ2) is 6.10. The Labute approximate surface area is 124 Å². The lowest BCUT2D eigenvalue weighted by Crippen LogP contribution is -2.30. The Morgan fingerprint density at radius 3 is 2.43 bits per heavy atom. The van der Waals surface area contributed by atoms with Crippen LogP contribution in [0.25, 0.3) is 0 Å². The van der Waals surface area contributed by atoms with Crippen molar-refractivity contribution in [1.29, 1.82) is 0 Å². The first kappa shape index (κ1) is 13.8. The highest BCUT2D eigenvalue weighted by atomic mass is 16.5. The van der Waals surface area contributed by atoms with Crippen molar-refractivity contribution in [3.05, 3.63) is 71.3 Å². The molecule has 1 aliphatic rings. The van der Waals surface area contributed by atoms with E-state index in [0.29, 0.717) is 18.1 Å². The molecule has 0 radical (unpaired) electrons. The Bertz CT molecular complexity index is 615. The van der Waals surface area contributed by atoms with Crippen molar-refractivity contribution in [3.63, 3.8) is 0 Å². The van der Waals surface area contributed by atoms with Gasteiger partial charge in [-0.15, -0.1) is 0 Å².